The highest BCUT2D eigenvalue weighted by Crippen LogP contribution is 2.56. The van der Waals surface area contributed by atoms with Crippen molar-refractivity contribution in [1.29, 1.82) is 5.26 Å². The number of anilines is 1. The van der Waals surface area contributed by atoms with Gasteiger partial charge >= 0.3 is 6.03 Å². The van der Waals surface area contributed by atoms with Crippen LogP contribution in [0.4, 0.5) is 10.6 Å². The zero-order chi connectivity index (χ0) is 15.1. The molecule has 5 nitrogen and oxygen atoms in total. The largest absolute Gasteiger partial charge is 0.334 e. The minimum atomic E-state index is -0.242. The monoisotopic (exact) mass is 290 g/mol. The van der Waals surface area contributed by atoms with E-state index in [1.54, 1.807) is 12.1 Å². The van der Waals surface area contributed by atoms with Crippen molar-refractivity contribution in [1.82, 2.24) is 10.3 Å². The Morgan fingerprint density at radius 2 is 2.14 bits per heavy atom. The van der Waals surface area contributed by atoms with Gasteiger partial charge in [0.05, 0.1) is 5.56 Å². The summed E-state index contributed by atoms with van der Waals surface area (Å²) >= 11 is 0. The average Bonchev–Trinajstić information content (AvgIpc) is 3.05. The maximum Gasteiger partial charge on any atom is 0.320 e. The van der Waals surface area contributed by atoms with Gasteiger partial charge < -0.3 is 5.32 Å². The fourth-order valence-corrected chi connectivity index (χ4v) is 3.39. The second-order valence-corrected chi connectivity index (χ2v) is 5.76. The van der Waals surface area contributed by atoms with Gasteiger partial charge in [0, 0.05) is 18.2 Å². The van der Waals surface area contributed by atoms with E-state index >= 15 is 0 Å². The zero-order valence-electron chi connectivity index (χ0n) is 11.8. The Labute approximate surface area is 128 Å². The van der Waals surface area contributed by atoms with E-state index in [-0.39, 0.29) is 12.1 Å². The molecule has 0 bridgehead atoms. The van der Waals surface area contributed by atoms with Crippen molar-refractivity contribution in [3.05, 3.63) is 59.3 Å². The molecule has 3 atom stereocenters. The van der Waals surface area contributed by atoms with E-state index in [1.807, 2.05) is 6.07 Å². The summed E-state index contributed by atoms with van der Waals surface area (Å²) in [4.78, 5) is 16.1. The second-order valence-electron chi connectivity index (χ2n) is 5.76. The number of fused-ring (bicyclic) bond motifs is 3. The van der Waals surface area contributed by atoms with E-state index < -0.39 is 0 Å². The van der Waals surface area contributed by atoms with Gasteiger partial charge in [0.15, 0.2) is 0 Å². The summed E-state index contributed by atoms with van der Waals surface area (Å²) < 4.78 is 0. The van der Waals surface area contributed by atoms with Gasteiger partial charge in [0.1, 0.15) is 11.9 Å². The number of rotatable bonds is 2. The van der Waals surface area contributed by atoms with Crippen molar-refractivity contribution >= 4 is 11.8 Å². The van der Waals surface area contributed by atoms with Crippen molar-refractivity contribution in [3.8, 4) is 6.07 Å². The van der Waals surface area contributed by atoms with Crippen LogP contribution in [0.5, 0.6) is 0 Å². The molecule has 1 aromatic carbocycles. The quantitative estimate of drug-likeness (QED) is 0.891. The topological polar surface area (TPSA) is 77.8 Å². The normalized spacial score (nSPS) is 23.9. The third-order valence-corrected chi connectivity index (χ3v) is 4.47. The van der Waals surface area contributed by atoms with E-state index in [1.165, 1.54) is 17.3 Å². The van der Waals surface area contributed by atoms with Crippen molar-refractivity contribution in [2.75, 3.05) is 5.32 Å². The summed E-state index contributed by atoms with van der Waals surface area (Å²) in [5, 5.41) is 14.4. The Morgan fingerprint density at radius 3 is 2.91 bits per heavy atom. The van der Waals surface area contributed by atoms with Gasteiger partial charge in [-0.25, -0.2) is 9.78 Å². The van der Waals surface area contributed by atoms with Crippen LogP contribution in [-0.2, 0) is 6.42 Å². The van der Waals surface area contributed by atoms with Crippen LogP contribution in [0, 0.1) is 17.2 Å². The number of aromatic nitrogens is 1. The van der Waals surface area contributed by atoms with Gasteiger partial charge in [-0.1, -0.05) is 24.3 Å². The summed E-state index contributed by atoms with van der Waals surface area (Å²) in [5.41, 5.74) is 3.25. The summed E-state index contributed by atoms with van der Waals surface area (Å²) in [6.07, 6.45) is 2.48. The third kappa shape index (κ3) is 2.09. The van der Waals surface area contributed by atoms with Gasteiger partial charge in [0.25, 0.3) is 0 Å². The highest BCUT2D eigenvalue weighted by molar-refractivity contribution is 5.89. The van der Waals surface area contributed by atoms with Crippen LogP contribution in [0.15, 0.2) is 42.6 Å². The highest BCUT2D eigenvalue weighted by atomic mass is 16.2. The maximum atomic E-state index is 12.0. The molecule has 1 fully saturated rings. The molecule has 2 aromatic rings. The van der Waals surface area contributed by atoms with Crippen LogP contribution in [-0.4, -0.2) is 17.1 Å². The van der Waals surface area contributed by atoms with Crippen LogP contribution in [0.3, 0.4) is 0 Å². The molecule has 2 aliphatic rings. The lowest BCUT2D eigenvalue weighted by molar-refractivity contribution is 0.251. The fraction of sp³-hybridized carbons (Fsp3) is 0.235. The molecule has 1 aromatic heterocycles. The van der Waals surface area contributed by atoms with Crippen LogP contribution in [0.2, 0.25) is 0 Å². The minimum Gasteiger partial charge on any atom is -0.334 e. The first-order chi connectivity index (χ1) is 10.8. The predicted molar refractivity (Wildman–Crippen MR) is 81.3 cm³/mol. The van der Waals surface area contributed by atoms with Crippen LogP contribution >= 0.6 is 0 Å². The first kappa shape index (κ1) is 12.8. The van der Waals surface area contributed by atoms with E-state index in [2.05, 4.69) is 39.9 Å². The number of nitrogens with zero attached hydrogens (tertiary/aromatic N) is 2. The predicted octanol–water partition coefficient (Wildman–Crippen LogP) is 2.41. The molecule has 22 heavy (non-hydrogen) atoms. The van der Waals surface area contributed by atoms with Crippen LogP contribution in [0.1, 0.15) is 22.6 Å². The Hall–Kier alpha value is -2.87. The average molecular weight is 290 g/mol. The van der Waals surface area contributed by atoms with Gasteiger partial charge in [0.2, 0.25) is 0 Å². The van der Waals surface area contributed by atoms with Crippen molar-refractivity contribution < 1.29 is 4.79 Å². The number of carbonyl (C=O) groups excluding carboxylic acids is 1. The second kappa shape index (κ2) is 4.85. The Bertz CT molecular complexity index is 778. The molecule has 1 saturated carbocycles. The fourth-order valence-electron chi connectivity index (χ4n) is 3.39. The number of nitrogens with one attached hydrogen (secondary N) is 2. The number of benzene rings is 1. The Balaban J connectivity index is 1.38. The molecular formula is C17H14N4O. The molecule has 108 valence electrons. The summed E-state index contributed by atoms with van der Waals surface area (Å²) in [6.45, 7) is 0. The first-order valence-corrected chi connectivity index (χ1v) is 7.28. The number of amides is 2. The van der Waals surface area contributed by atoms with Crippen LogP contribution < -0.4 is 10.6 Å². The third-order valence-electron chi connectivity index (χ3n) is 4.47. The van der Waals surface area contributed by atoms with Crippen molar-refractivity contribution in [2.45, 2.75) is 18.4 Å². The minimum absolute atomic E-state index is 0.216. The standard InChI is InChI=1S/C17H14N4O/c18-8-10-5-6-14(19-9-10)20-17(22)21-16-13-7-11-3-1-2-4-12(11)15(13)16/h1-6,9,13,15-16H,7H2,(H2,19,20,21,22)/t13-,15+,16?/m0/s1. The lowest BCUT2D eigenvalue weighted by atomic mass is 10.1. The lowest BCUT2D eigenvalue weighted by Gasteiger charge is -2.10. The van der Waals surface area contributed by atoms with Crippen LogP contribution in [0.25, 0.3) is 0 Å². The molecule has 0 saturated heterocycles. The summed E-state index contributed by atoms with van der Waals surface area (Å²) in [5.74, 6) is 1.43. The number of hydrogen-bond donors (Lipinski definition) is 2. The van der Waals surface area contributed by atoms with E-state index in [0.29, 0.717) is 23.2 Å². The molecule has 0 aliphatic heterocycles. The molecule has 5 heteroatoms. The summed E-state index contributed by atoms with van der Waals surface area (Å²) in [6, 6.07) is 13.7. The van der Waals surface area contributed by atoms with Crippen molar-refractivity contribution in [3.63, 3.8) is 0 Å². The smallest absolute Gasteiger partial charge is 0.320 e. The number of carbonyl (C=O) groups is 1. The molecule has 0 spiro atoms. The molecule has 0 radical (unpaired) electrons. The van der Waals surface area contributed by atoms with E-state index in [9.17, 15) is 4.79 Å². The van der Waals surface area contributed by atoms with Gasteiger partial charge in [-0.3, -0.25) is 5.32 Å². The number of urea groups is 1. The van der Waals surface area contributed by atoms with Crippen molar-refractivity contribution in [2.24, 2.45) is 5.92 Å². The Kier molecular flexibility index (Phi) is 2.83. The number of nitriles is 1. The number of hydrogen-bond acceptors (Lipinski definition) is 3. The molecule has 1 heterocycles. The number of pyridine rings is 1. The lowest BCUT2D eigenvalue weighted by Crippen LogP contribution is -2.33. The molecule has 2 N–H and O–H groups in total. The summed E-state index contributed by atoms with van der Waals surface area (Å²) in [7, 11) is 0. The first-order valence-electron chi connectivity index (χ1n) is 7.28. The van der Waals surface area contributed by atoms with E-state index in [0.717, 1.165) is 6.42 Å². The SMILES string of the molecule is N#Cc1ccc(NC(=O)NC2[C@H]3Cc4ccccc4[C@@H]23)nc1. The van der Waals surface area contributed by atoms with Gasteiger partial charge in [-0.05, 0) is 35.6 Å². The molecule has 1 unspecified atom stereocenters. The molecule has 2 aliphatic carbocycles. The molecule has 2 amide bonds. The highest BCUT2D eigenvalue weighted by Gasteiger charge is 2.56. The van der Waals surface area contributed by atoms with Gasteiger partial charge in [-0.15, -0.1) is 0 Å². The van der Waals surface area contributed by atoms with E-state index in [4.69, 9.17) is 5.26 Å². The van der Waals surface area contributed by atoms with Gasteiger partial charge in [-0.2, -0.15) is 5.26 Å². The molecule has 4 rings (SSSR count). The zero-order valence-corrected chi connectivity index (χ0v) is 11.8. The maximum absolute atomic E-state index is 12.0. The Morgan fingerprint density at radius 1 is 1.27 bits per heavy atom. The molecular weight excluding hydrogens is 276 g/mol.